The van der Waals surface area contributed by atoms with Crippen LogP contribution in [0.2, 0.25) is 0 Å². The number of aryl methyl sites for hydroxylation is 1. The highest BCUT2D eigenvalue weighted by atomic mass is 14.9. The number of nitrogens with zero attached hydrogens (tertiary/aromatic N) is 2. The van der Waals surface area contributed by atoms with Crippen LogP contribution in [0.15, 0.2) is 6.07 Å². The van der Waals surface area contributed by atoms with Gasteiger partial charge in [0, 0.05) is 18.2 Å². The number of rotatable bonds is 4. The van der Waals surface area contributed by atoms with Crippen LogP contribution in [0.1, 0.15) is 76.5 Å². The fourth-order valence-electron chi connectivity index (χ4n) is 3.40. The van der Waals surface area contributed by atoms with Crippen molar-refractivity contribution in [1.29, 1.82) is 0 Å². The van der Waals surface area contributed by atoms with Gasteiger partial charge in [0.05, 0.1) is 5.69 Å². The summed E-state index contributed by atoms with van der Waals surface area (Å²) < 4.78 is 0. The molecule has 1 aliphatic rings. The third-order valence-corrected chi connectivity index (χ3v) is 4.80. The van der Waals surface area contributed by atoms with Crippen molar-refractivity contribution >= 4 is 0 Å². The number of hydrogen-bond acceptors (Lipinski definition) is 3. The molecule has 0 saturated heterocycles. The predicted octanol–water partition coefficient (Wildman–Crippen LogP) is 4.21. The molecule has 1 heterocycles. The zero-order chi connectivity index (χ0) is 15.5. The molecule has 2 rings (SSSR count). The van der Waals surface area contributed by atoms with E-state index in [2.05, 4.69) is 46.0 Å². The molecule has 0 bridgehead atoms. The Balaban J connectivity index is 2.04. The van der Waals surface area contributed by atoms with Crippen molar-refractivity contribution in [3.63, 3.8) is 0 Å². The second-order valence-electron chi connectivity index (χ2n) is 7.55. The molecule has 118 valence electrons. The van der Waals surface area contributed by atoms with Gasteiger partial charge in [0.2, 0.25) is 0 Å². The Labute approximate surface area is 130 Å². The molecule has 1 aromatic rings. The lowest BCUT2D eigenvalue weighted by atomic mass is 9.69. The summed E-state index contributed by atoms with van der Waals surface area (Å²) in [6, 6.07) is 2.10. The van der Waals surface area contributed by atoms with Crippen molar-refractivity contribution in [2.75, 3.05) is 6.54 Å². The second kappa shape index (κ2) is 6.87. The summed E-state index contributed by atoms with van der Waals surface area (Å²) in [5.41, 5.74) is 2.68. The molecule has 0 aliphatic heterocycles. The van der Waals surface area contributed by atoms with Crippen molar-refractivity contribution in [2.45, 2.75) is 72.8 Å². The Kier molecular flexibility index (Phi) is 5.37. The Morgan fingerprint density at radius 1 is 1.14 bits per heavy atom. The first-order valence-electron chi connectivity index (χ1n) is 8.45. The molecule has 3 nitrogen and oxygen atoms in total. The van der Waals surface area contributed by atoms with Gasteiger partial charge in [-0.25, -0.2) is 9.97 Å². The number of hydrogen-bond donors (Lipinski definition) is 1. The van der Waals surface area contributed by atoms with Gasteiger partial charge < -0.3 is 5.32 Å². The summed E-state index contributed by atoms with van der Waals surface area (Å²) in [6.45, 7) is 13.2. The summed E-state index contributed by atoms with van der Waals surface area (Å²) in [5.74, 6) is 2.49. The first kappa shape index (κ1) is 16.4. The van der Waals surface area contributed by atoms with Crippen molar-refractivity contribution < 1.29 is 0 Å². The van der Waals surface area contributed by atoms with Gasteiger partial charge in [-0.1, -0.05) is 27.7 Å². The van der Waals surface area contributed by atoms with E-state index in [1.165, 1.54) is 25.7 Å². The van der Waals surface area contributed by atoms with Crippen LogP contribution in [0.4, 0.5) is 0 Å². The minimum absolute atomic E-state index is 0.439. The average Bonchev–Trinajstić information content (AvgIpc) is 2.44. The molecule has 1 aromatic heterocycles. The Morgan fingerprint density at radius 2 is 1.81 bits per heavy atom. The second-order valence-corrected chi connectivity index (χ2v) is 7.55. The largest absolute Gasteiger partial charge is 0.311 e. The van der Waals surface area contributed by atoms with E-state index in [0.717, 1.165) is 36.2 Å². The maximum Gasteiger partial charge on any atom is 0.131 e. The summed E-state index contributed by atoms with van der Waals surface area (Å²) in [4.78, 5) is 9.52. The highest BCUT2D eigenvalue weighted by Crippen LogP contribution is 2.42. The van der Waals surface area contributed by atoms with Crippen LogP contribution >= 0.6 is 0 Å². The normalized spacial score (nSPS) is 23.3. The zero-order valence-electron chi connectivity index (χ0n) is 14.4. The summed E-state index contributed by atoms with van der Waals surface area (Å²) >= 11 is 0. The minimum Gasteiger partial charge on any atom is -0.311 e. The number of aromatic nitrogens is 2. The van der Waals surface area contributed by atoms with Crippen molar-refractivity contribution in [3.05, 3.63) is 23.3 Å². The van der Waals surface area contributed by atoms with Gasteiger partial charge in [0.15, 0.2) is 0 Å². The molecule has 0 radical (unpaired) electrons. The average molecular weight is 289 g/mol. The van der Waals surface area contributed by atoms with Crippen LogP contribution in [0.5, 0.6) is 0 Å². The SMILES string of the molecule is CCNCc1cc(C)nc(C2CCC(C(C)(C)C)CC2)n1. The molecule has 1 fully saturated rings. The molecule has 1 saturated carbocycles. The highest BCUT2D eigenvalue weighted by molar-refractivity contribution is 5.13. The Morgan fingerprint density at radius 3 is 2.38 bits per heavy atom. The lowest BCUT2D eigenvalue weighted by Crippen LogP contribution is -2.26. The summed E-state index contributed by atoms with van der Waals surface area (Å²) in [5, 5.41) is 3.36. The van der Waals surface area contributed by atoms with E-state index < -0.39 is 0 Å². The molecule has 1 N–H and O–H groups in total. The van der Waals surface area contributed by atoms with E-state index in [9.17, 15) is 0 Å². The van der Waals surface area contributed by atoms with E-state index in [-0.39, 0.29) is 0 Å². The van der Waals surface area contributed by atoms with Crippen LogP contribution in [-0.4, -0.2) is 16.5 Å². The monoisotopic (exact) mass is 289 g/mol. The Hall–Kier alpha value is -0.960. The standard InChI is InChI=1S/C18H31N3/c1-6-19-12-16-11-13(2)20-17(21-16)14-7-9-15(10-8-14)18(3,4)5/h11,14-15,19H,6-10,12H2,1-5H3. The molecular weight excluding hydrogens is 258 g/mol. The molecule has 0 unspecified atom stereocenters. The lowest BCUT2D eigenvalue weighted by Gasteiger charge is -2.36. The fourth-order valence-corrected chi connectivity index (χ4v) is 3.40. The van der Waals surface area contributed by atoms with Crippen LogP contribution in [0, 0.1) is 18.3 Å². The first-order chi connectivity index (χ1) is 9.90. The fraction of sp³-hybridized carbons (Fsp3) is 0.778. The van der Waals surface area contributed by atoms with Crippen molar-refractivity contribution in [3.8, 4) is 0 Å². The third-order valence-electron chi connectivity index (χ3n) is 4.80. The first-order valence-corrected chi connectivity index (χ1v) is 8.45. The molecule has 0 amide bonds. The van der Waals surface area contributed by atoms with E-state index in [0.29, 0.717) is 11.3 Å². The molecule has 21 heavy (non-hydrogen) atoms. The molecule has 3 heteroatoms. The molecule has 0 atom stereocenters. The van der Waals surface area contributed by atoms with E-state index >= 15 is 0 Å². The van der Waals surface area contributed by atoms with Gasteiger partial charge in [-0.2, -0.15) is 0 Å². The van der Waals surface area contributed by atoms with Crippen LogP contribution in [0.25, 0.3) is 0 Å². The third kappa shape index (κ3) is 4.50. The predicted molar refractivity (Wildman–Crippen MR) is 88.3 cm³/mol. The zero-order valence-corrected chi connectivity index (χ0v) is 14.4. The van der Waals surface area contributed by atoms with E-state index in [1.807, 2.05) is 0 Å². The summed E-state index contributed by atoms with van der Waals surface area (Å²) in [7, 11) is 0. The van der Waals surface area contributed by atoms with Gasteiger partial charge in [-0.3, -0.25) is 0 Å². The van der Waals surface area contributed by atoms with Gasteiger partial charge in [0.1, 0.15) is 5.82 Å². The number of nitrogens with one attached hydrogen (secondary N) is 1. The van der Waals surface area contributed by atoms with Gasteiger partial charge in [-0.05, 0) is 56.6 Å². The Bertz CT molecular complexity index is 454. The topological polar surface area (TPSA) is 37.8 Å². The molecule has 0 aromatic carbocycles. The van der Waals surface area contributed by atoms with E-state index in [4.69, 9.17) is 9.97 Å². The maximum atomic E-state index is 4.81. The summed E-state index contributed by atoms with van der Waals surface area (Å²) in [6.07, 6.45) is 5.11. The van der Waals surface area contributed by atoms with Crippen molar-refractivity contribution in [1.82, 2.24) is 15.3 Å². The minimum atomic E-state index is 0.439. The quantitative estimate of drug-likeness (QED) is 0.902. The van der Waals surface area contributed by atoms with Gasteiger partial charge in [0.25, 0.3) is 0 Å². The maximum absolute atomic E-state index is 4.81. The highest BCUT2D eigenvalue weighted by Gasteiger charge is 2.31. The van der Waals surface area contributed by atoms with Crippen LogP contribution in [-0.2, 0) is 6.54 Å². The smallest absolute Gasteiger partial charge is 0.131 e. The van der Waals surface area contributed by atoms with Gasteiger partial charge >= 0.3 is 0 Å². The van der Waals surface area contributed by atoms with Gasteiger partial charge in [-0.15, -0.1) is 0 Å². The molecule has 1 aliphatic carbocycles. The molecular formula is C18H31N3. The van der Waals surface area contributed by atoms with Crippen molar-refractivity contribution in [2.24, 2.45) is 11.3 Å². The molecule has 0 spiro atoms. The van der Waals surface area contributed by atoms with Crippen LogP contribution < -0.4 is 5.32 Å². The lowest BCUT2D eigenvalue weighted by molar-refractivity contribution is 0.167. The van der Waals surface area contributed by atoms with Crippen LogP contribution in [0.3, 0.4) is 0 Å². The van der Waals surface area contributed by atoms with E-state index in [1.54, 1.807) is 0 Å².